The van der Waals surface area contributed by atoms with Gasteiger partial charge in [-0.1, -0.05) is 25.1 Å². The van der Waals surface area contributed by atoms with E-state index in [1.807, 2.05) is 33.0 Å². The van der Waals surface area contributed by atoms with Crippen LogP contribution in [0.3, 0.4) is 0 Å². The van der Waals surface area contributed by atoms with Gasteiger partial charge < -0.3 is 5.32 Å². The van der Waals surface area contributed by atoms with Crippen LogP contribution >= 0.6 is 0 Å². The number of likely N-dealkylation sites (N-methyl/N-ethyl adjacent to an activating group) is 1. The van der Waals surface area contributed by atoms with Crippen LogP contribution in [0.5, 0.6) is 0 Å². The van der Waals surface area contributed by atoms with Gasteiger partial charge in [0.05, 0.1) is 10.6 Å². The molecule has 0 spiro atoms. The molecule has 1 unspecified atom stereocenters. The molecular weight excluding hydrogens is 234 g/mol. The molecular formula is C13H21NO2S. The number of rotatable bonds is 6. The molecule has 17 heavy (non-hydrogen) atoms. The molecule has 1 rings (SSSR count). The standard InChI is InChI=1S/C13H21NO2S/c1-4-9-17(15,16)13-8-6-5-7-12(13)10-11(2)14-3/h5-8,11,14H,4,9-10H2,1-3H3. The molecule has 1 atom stereocenters. The lowest BCUT2D eigenvalue weighted by molar-refractivity contribution is 0.584. The first-order chi connectivity index (χ1) is 8.01. The van der Waals surface area contributed by atoms with Gasteiger partial charge in [-0.05, 0) is 38.4 Å². The van der Waals surface area contributed by atoms with Crippen LogP contribution in [0.1, 0.15) is 25.8 Å². The normalized spacial score (nSPS) is 13.6. The van der Waals surface area contributed by atoms with Gasteiger partial charge in [-0.25, -0.2) is 8.42 Å². The summed E-state index contributed by atoms with van der Waals surface area (Å²) < 4.78 is 24.2. The fourth-order valence-corrected chi connectivity index (χ4v) is 3.38. The Bertz CT molecular complexity index is 454. The van der Waals surface area contributed by atoms with E-state index in [0.717, 1.165) is 12.0 Å². The topological polar surface area (TPSA) is 46.2 Å². The highest BCUT2D eigenvalue weighted by Crippen LogP contribution is 2.19. The number of hydrogen-bond donors (Lipinski definition) is 1. The lowest BCUT2D eigenvalue weighted by Crippen LogP contribution is -2.24. The smallest absolute Gasteiger partial charge is 0.178 e. The highest BCUT2D eigenvalue weighted by atomic mass is 32.2. The molecule has 1 aromatic rings. The Balaban J connectivity index is 3.08. The summed E-state index contributed by atoms with van der Waals surface area (Å²) in [7, 11) is -1.24. The van der Waals surface area contributed by atoms with E-state index < -0.39 is 9.84 Å². The van der Waals surface area contributed by atoms with Gasteiger partial charge >= 0.3 is 0 Å². The van der Waals surface area contributed by atoms with Gasteiger partial charge in [0.2, 0.25) is 0 Å². The lowest BCUT2D eigenvalue weighted by atomic mass is 10.1. The van der Waals surface area contributed by atoms with Crippen molar-refractivity contribution in [3.05, 3.63) is 29.8 Å². The Hall–Kier alpha value is -0.870. The summed E-state index contributed by atoms with van der Waals surface area (Å²) in [4.78, 5) is 0.490. The van der Waals surface area contributed by atoms with Gasteiger partial charge in [-0.3, -0.25) is 0 Å². The minimum atomic E-state index is -3.12. The number of nitrogens with one attached hydrogen (secondary N) is 1. The number of sulfone groups is 1. The molecule has 1 N–H and O–H groups in total. The van der Waals surface area contributed by atoms with Gasteiger partial charge in [-0.2, -0.15) is 0 Å². The molecule has 0 bridgehead atoms. The van der Waals surface area contributed by atoms with Crippen LogP contribution < -0.4 is 5.32 Å². The molecule has 0 fully saturated rings. The van der Waals surface area contributed by atoms with Crippen LogP contribution in [-0.4, -0.2) is 27.3 Å². The second-order valence-corrected chi connectivity index (χ2v) is 6.40. The second-order valence-electron chi connectivity index (χ2n) is 4.32. The predicted molar refractivity (Wildman–Crippen MR) is 71.0 cm³/mol. The Morgan fingerprint density at radius 2 is 1.94 bits per heavy atom. The van der Waals surface area contributed by atoms with E-state index in [1.165, 1.54) is 0 Å². The van der Waals surface area contributed by atoms with Crippen LogP contribution in [0.4, 0.5) is 0 Å². The summed E-state index contributed by atoms with van der Waals surface area (Å²) in [6, 6.07) is 7.56. The first kappa shape index (κ1) is 14.2. The molecule has 0 radical (unpaired) electrons. The van der Waals surface area contributed by atoms with Crippen molar-refractivity contribution in [1.29, 1.82) is 0 Å². The molecule has 0 heterocycles. The van der Waals surface area contributed by atoms with Crippen LogP contribution in [0.2, 0.25) is 0 Å². The molecule has 0 saturated heterocycles. The Morgan fingerprint density at radius 3 is 2.53 bits per heavy atom. The lowest BCUT2D eigenvalue weighted by Gasteiger charge is -2.14. The number of benzene rings is 1. The average molecular weight is 255 g/mol. The summed E-state index contributed by atoms with van der Waals surface area (Å²) in [5.41, 5.74) is 0.905. The third kappa shape index (κ3) is 3.82. The summed E-state index contributed by atoms with van der Waals surface area (Å²) in [6.45, 7) is 3.93. The van der Waals surface area contributed by atoms with Crippen molar-refractivity contribution in [2.45, 2.75) is 37.6 Å². The molecule has 0 aliphatic heterocycles. The minimum absolute atomic E-state index is 0.220. The molecule has 3 nitrogen and oxygen atoms in total. The van der Waals surface area contributed by atoms with Crippen molar-refractivity contribution < 1.29 is 8.42 Å². The third-order valence-electron chi connectivity index (χ3n) is 2.80. The van der Waals surface area contributed by atoms with Gasteiger partial charge in [-0.15, -0.1) is 0 Å². The van der Waals surface area contributed by atoms with Crippen molar-refractivity contribution in [2.75, 3.05) is 12.8 Å². The summed E-state index contributed by atoms with van der Waals surface area (Å²) in [5, 5.41) is 3.13. The number of hydrogen-bond acceptors (Lipinski definition) is 3. The zero-order chi connectivity index (χ0) is 12.9. The molecule has 0 saturated carbocycles. The Kier molecular flexibility index (Phi) is 5.15. The van der Waals surface area contributed by atoms with Crippen molar-refractivity contribution in [3.8, 4) is 0 Å². The summed E-state index contributed by atoms with van der Waals surface area (Å²) >= 11 is 0. The van der Waals surface area contributed by atoms with Crippen molar-refractivity contribution >= 4 is 9.84 Å². The van der Waals surface area contributed by atoms with Crippen LogP contribution in [-0.2, 0) is 16.3 Å². The van der Waals surface area contributed by atoms with Crippen molar-refractivity contribution in [3.63, 3.8) is 0 Å². The fourth-order valence-electron chi connectivity index (χ4n) is 1.79. The highest BCUT2D eigenvalue weighted by Gasteiger charge is 2.17. The maximum Gasteiger partial charge on any atom is 0.178 e. The molecule has 0 aliphatic carbocycles. The largest absolute Gasteiger partial charge is 0.317 e. The fraction of sp³-hybridized carbons (Fsp3) is 0.538. The first-order valence-electron chi connectivity index (χ1n) is 5.99. The predicted octanol–water partition coefficient (Wildman–Crippen LogP) is 2.02. The van der Waals surface area contributed by atoms with Crippen molar-refractivity contribution in [2.24, 2.45) is 0 Å². The zero-order valence-electron chi connectivity index (χ0n) is 10.7. The zero-order valence-corrected chi connectivity index (χ0v) is 11.5. The average Bonchev–Trinajstić information content (AvgIpc) is 2.29. The molecule has 0 amide bonds. The van der Waals surface area contributed by atoms with E-state index in [9.17, 15) is 8.42 Å². The molecule has 0 aliphatic rings. The summed E-state index contributed by atoms with van der Waals surface area (Å²) in [6.07, 6.45) is 1.38. The first-order valence-corrected chi connectivity index (χ1v) is 7.64. The van der Waals surface area contributed by atoms with E-state index >= 15 is 0 Å². The van der Waals surface area contributed by atoms with Gasteiger partial charge in [0.25, 0.3) is 0 Å². The quantitative estimate of drug-likeness (QED) is 0.846. The van der Waals surface area contributed by atoms with E-state index in [0.29, 0.717) is 11.3 Å². The highest BCUT2D eigenvalue weighted by molar-refractivity contribution is 7.91. The maximum absolute atomic E-state index is 12.1. The Labute approximate surface area is 104 Å². The van der Waals surface area contributed by atoms with Gasteiger partial charge in [0.1, 0.15) is 0 Å². The third-order valence-corrected chi connectivity index (χ3v) is 4.81. The van der Waals surface area contributed by atoms with E-state index in [4.69, 9.17) is 0 Å². The second kappa shape index (κ2) is 6.17. The molecule has 4 heteroatoms. The minimum Gasteiger partial charge on any atom is -0.317 e. The summed E-state index contributed by atoms with van der Waals surface area (Å²) in [5.74, 6) is 0.220. The van der Waals surface area contributed by atoms with Gasteiger partial charge in [0, 0.05) is 6.04 Å². The SMILES string of the molecule is CCCS(=O)(=O)c1ccccc1CC(C)NC. The van der Waals surface area contributed by atoms with E-state index in [-0.39, 0.29) is 11.8 Å². The molecule has 0 aromatic heterocycles. The van der Waals surface area contributed by atoms with Crippen molar-refractivity contribution in [1.82, 2.24) is 5.32 Å². The van der Waals surface area contributed by atoms with Crippen LogP contribution in [0.15, 0.2) is 29.2 Å². The van der Waals surface area contributed by atoms with Crippen LogP contribution in [0, 0.1) is 0 Å². The van der Waals surface area contributed by atoms with Gasteiger partial charge in [0.15, 0.2) is 9.84 Å². The maximum atomic E-state index is 12.1. The molecule has 1 aromatic carbocycles. The van der Waals surface area contributed by atoms with E-state index in [1.54, 1.807) is 12.1 Å². The molecule has 96 valence electrons. The monoisotopic (exact) mass is 255 g/mol. The van der Waals surface area contributed by atoms with Crippen LogP contribution in [0.25, 0.3) is 0 Å². The van der Waals surface area contributed by atoms with E-state index in [2.05, 4.69) is 5.32 Å². The Morgan fingerprint density at radius 1 is 1.29 bits per heavy atom.